The van der Waals surface area contributed by atoms with Gasteiger partial charge in [-0.3, -0.25) is 9.69 Å². The molecule has 30 heavy (non-hydrogen) atoms. The van der Waals surface area contributed by atoms with Crippen LogP contribution in [0.25, 0.3) is 0 Å². The van der Waals surface area contributed by atoms with Crippen LogP contribution in [0.1, 0.15) is 38.3 Å². The summed E-state index contributed by atoms with van der Waals surface area (Å²) in [5.74, 6) is -0.337. The summed E-state index contributed by atoms with van der Waals surface area (Å²) in [5.41, 5.74) is 1.05. The molecule has 0 N–H and O–H groups in total. The van der Waals surface area contributed by atoms with Crippen molar-refractivity contribution in [3.05, 3.63) is 71.8 Å². The third-order valence-corrected chi connectivity index (χ3v) is 5.14. The van der Waals surface area contributed by atoms with E-state index in [4.69, 9.17) is 14.2 Å². The molecule has 0 aliphatic carbocycles. The SMILES string of the molecule is CCOC(=O)C[C@H]1OC(C)(C)N(C(=O)OCc2ccccc2)[C@H]1Cc1ccccc1. The van der Waals surface area contributed by atoms with E-state index in [0.29, 0.717) is 13.0 Å². The number of hydrogen-bond acceptors (Lipinski definition) is 5. The molecule has 0 radical (unpaired) electrons. The number of hydrogen-bond donors (Lipinski definition) is 0. The molecule has 6 nitrogen and oxygen atoms in total. The minimum absolute atomic E-state index is 0.0806. The van der Waals surface area contributed by atoms with E-state index in [-0.39, 0.29) is 25.0 Å². The summed E-state index contributed by atoms with van der Waals surface area (Å²) in [5, 5.41) is 0. The minimum atomic E-state index is -0.912. The van der Waals surface area contributed by atoms with Crippen LogP contribution in [-0.2, 0) is 32.0 Å². The number of benzene rings is 2. The lowest BCUT2D eigenvalue weighted by Gasteiger charge is -2.33. The lowest BCUT2D eigenvalue weighted by Crippen LogP contribution is -2.49. The van der Waals surface area contributed by atoms with E-state index in [1.54, 1.807) is 11.8 Å². The lowest BCUT2D eigenvalue weighted by atomic mass is 9.98. The minimum Gasteiger partial charge on any atom is -0.466 e. The Kier molecular flexibility index (Phi) is 7.11. The number of amides is 1. The summed E-state index contributed by atoms with van der Waals surface area (Å²) < 4.78 is 16.9. The van der Waals surface area contributed by atoms with E-state index < -0.39 is 17.9 Å². The van der Waals surface area contributed by atoms with Crippen molar-refractivity contribution in [2.75, 3.05) is 6.61 Å². The number of nitrogens with zero attached hydrogens (tertiary/aromatic N) is 1. The van der Waals surface area contributed by atoms with Crippen LogP contribution in [0.2, 0.25) is 0 Å². The molecular formula is C24H29NO5. The van der Waals surface area contributed by atoms with Crippen LogP contribution in [0.4, 0.5) is 4.79 Å². The summed E-state index contributed by atoms with van der Waals surface area (Å²) in [6, 6.07) is 19.0. The standard InChI is InChI=1S/C24H29NO5/c1-4-28-22(26)16-21-20(15-18-11-7-5-8-12-18)25(24(2,3)30-21)23(27)29-17-19-13-9-6-10-14-19/h5-14,20-21H,4,15-17H2,1-3H3/t20-,21+/m0/s1. The van der Waals surface area contributed by atoms with Gasteiger partial charge in [0.05, 0.1) is 25.2 Å². The molecule has 1 aliphatic heterocycles. The number of ether oxygens (including phenoxy) is 3. The topological polar surface area (TPSA) is 65.1 Å². The molecule has 1 saturated heterocycles. The molecule has 0 aromatic heterocycles. The fourth-order valence-corrected chi connectivity index (χ4v) is 3.86. The van der Waals surface area contributed by atoms with Gasteiger partial charge < -0.3 is 14.2 Å². The van der Waals surface area contributed by atoms with Gasteiger partial charge in [-0.2, -0.15) is 0 Å². The largest absolute Gasteiger partial charge is 0.466 e. The first-order valence-corrected chi connectivity index (χ1v) is 10.3. The van der Waals surface area contributed by atoms with Crippen molar-refractivity contribution in [2.45, 2.75) is 58.1 Å². The quantitative estimate of drug-likeness (QED) is 0.635. The first kappa shape index (κ1) is 21.8. The van der Waals surface area contributed by atoms with E-state index in [2.05, 4.69) is 0 Å². The maximum Gasteiger partial charge on any atom is 0.412 e. The molecule has 0 unspecified atom stereocenters. The first-order chi connectivity index (χ1) is 14.4. The zero-order valence-electron chi connectivity index (χ0n) is 17.7. The van der Waals surface area contributed by atoms with Crippen LogP contribution in [0, 0.1) is 0 Å². The highest BCUT2D eigenvalue weighted by atomic mass is 16.6. The van der Waals surface area contributed by atoms with Gasteiger partial charge in [-0.05, 0) is 38.3 Å². The summed E-state index contributed by atoms with van der Waals surface area (Å²) in [7, 11) is 0. The lowest BCUT2D eigenvalue weighted by molar-refractivity contribution is -0.147. The first-order valence-electron chi connectivity index (χ1n) is 10.3. The van der Waals surface area contributed by atoms with Crippen LogP contribution >= 0.6 is 0 Å². The van der Waals surface area contributed by atoms with Crippen molar-refractivity contribution in [1.82, 2.24) is 4.90 Å². The summed E-state index contributed by atoms with van der Waals surface area (Å²) in [6.45, 7) is 5.89. The van der Waals surface area contributed by atoms with Gasteiger partial charge in [0.1, 0.15) is 12.3 Å². The Morgan fingerprint density at radius 1 is 0.967 bits per heavy atom. The van der Waals surface area contributed by atoms with Crippen molar-refractivity contribution in [2.24, 2.45) is 0 Å². The van der Waals surface area contributed by atoms with Gasteiger partial charge in [-0.25, -0.2) is 4.79 Å². The molecule has 2 atom stereocenters. The molecular weight excluding hydrogens is 382 g/mol. The normalized spacial score (nSPS) is 20.0. The Hall–Kier alpha value is -2.86. The zero-order valence-corrected chi connectivity index (χ0v) is 17.7. The van der Waals surface area contributed by atoms with E-state index in [1.165, 1.54) is 0 Å². The summed E-state index contributed by atoms with van der Waals surface area (Å²) in [4.78, 5) is 26.9. The molecule has 3 rings (SSSR count). The Morgan fingerprint density at radius 3 is 2.17 bits per heavy atom. The second-order valence-corrected chi connectivity index (χ2v) is 7.78. The van der Waals surface area contributed by atoms with Crippen LogP contribution in [0.5, 0.6) is 0 Å². The van der Waals surface area contributed by atoms with Gasteiger partial charge in [0.25, 0.3) is 0 Å². The second-order valence-electron chi connectivity index (χ2n) is 7.78. The molecule has 6 heteroatoms. The Balaban J connectivity index is 1.80. The third kappa shape index (κ3) is 5.39. The summed E-state index contributed by atoms with van der Waals surface area (Å²) in [6.07, 6.45) is -0.314. The Morgan fingerprint density at radius 2 is 1.57 bits per heavy atom. The number of esters is 1. The zero-order chi connectivity index (χ0) is 21.6. The van der Waals surface area contributed by atoms with Crippen LogP contribution in [0.3, 0.4) is 0 Å². The van der Waals surface area contributed by atoms with E-state index in [0.717, 1.165) is 11.1 Å². The number of rotatable bonds is 7. The molecule has 0 spiro atoms. The third-order valence-electron chi connectivity index (χ3n) is 5.14. The van der Waals surface area contributed by atoms with Gasteiger partial charge in [-0.15, -0.1) is 0 Å². The van der Waals surface area contributed by atoms with Crippen molar-refractivity contribution in [3.63, 3.8) is 0 Å². The van der Waals surface area contributed by atoms with Gasteiger partial charge in [0.2, 0.25) is 0 Å². The monoisotopic (exact) mass is 411 g/mol. The summed E-state index contributed by atoms with van der Waals surface area (Å²) >= 11 is 0. The Bertz CT molecular complexity index is 837. The fraction of sp³-hybridized carbons (Fsp3) is 0.417. The highest BCUT2D eigenvalue weighted by Crippen LogP contribution is 2.36. The molecule has 160 valence electrons. The van der Waals surface area contributed by atoms with Crippen molar-refractivity contribution >= 4 is 12.1 Å². The van der Waals surface area contributed by atoms with Gasteiger partial charge >= 0.3 is 12.1 Å². The van der Waals surface area contributed by atoms with E-state index in [9.17, 15) is 9.59 Å². The second kappa shape index (κ2) is 9.76. The van der Waals surface area contributed by atoms with Gasteiger partial charge in [0, 0.05) is 0 Å². The Labute approximate surface area is 177 Å². The van der Waals surface area contributed by atoms with Crippen LogP contribution in [-0.4, -0.2) is 41.4 Å². The predicted molar refractivity (Wildman–Crippen MR) is 113 cm³/mol. The molecule has 1 amide bonds. The molecule has 0 bridgehead atoms. The van der Waals surface area contributed by atoms with Crippen molar-refractivity contribution < 1.29 is 23.8 Å². The average molecular weight is 411 g/mol. The van der Waals surface area contributed by atoms with Crippen LogP contribution < -0.4 is 0 Å². The van der Waals surface area contributed by atoms with Crippen molar-refractivity contribution in [3.8, 4) is 0 Å². The van der Waals surface area contributed by atoms with Crippen LogP contribution in [0.15, 0.2) is 60.7 Å². The molecule has 2 aromatic carbocycles. The van der Waals surface area contributed by atoms with E-state index >= 15 is 0 Å². The maximum absolute atomic E-state index is 13.1. The highest BCUT2D eigenvalue weighted by Gasteiger charge is 2.51. The highest BCUT2D eigenvalue weighted by molar-refractivity contribution is 5.72. The molecule has 2 aromatic rings. The average Bonchev–Trinajstić information content (AvgIpc) is 2.97. The van der Waals surface area contributed by atoms with E-state index in [1.807, 2.05) is 74.5 Å². The predicted octanol–water partition coefficient (Wildman–Crippen LogP) is 4.32. The number of carbonyl (C=O) groups is 2. The fourth-order valence-electron chi connectivity index (χ4n) is 3.86. The van der Waals surface area contributed by atoms with Crippen molar-refractivity contribution in [1.29, 1.82) is 0 Å². The number of carbonyl (C=O) groups excluding carboxylic acids is 2. The smallest absolute Gasteiger partial charge is 0.412 e. The molecule has 1 aliphatic rings. The molecule has 1 fully saturated rings. The molecule has 0 saturated carbocycles. The maximum atomic E-state index is 13.1. The molecule has 1 heterocycles. The van der Waals surface area contributed by atoms with Gasteiger partial charge in [0.15, 0.2) is 0 Å². The van der Waals surface area contributed by atoms with Gasteiger partial charge in [-0.1, -0.05) is 60.7 Å².